The second-order valence-electron chi connectivity index (χ2n) is 8.17. The molecule has 0 saturated carbocycles. The van der Waals surface area contributed by atoms with Crippen molar-refractivity contribution in [3.8, 4) is 0 Å². The molecule has 3 rings (SSSR count). The van der Waals surface area contributed by atoms with Crippen molar-refractivity contribution in [2.24, 2.45) is 10.7 Å². The first-order chi connectivity index (χ1) is 16.7. The van der Waals surface area contributed by atoms with Crippen LogP contribution in [0.4, 0.5) is 23.2 Å². The van der Waals surface area contributed by atoms with Crippen molar-refractivity contribution in [2.75, 3.05) is 11.9 Å². The maximum atomic E-state index is 14.5. The summed E-state index contributed by atoms with van der Waals surface area (Å²) in [6.07, 6.45) is -1.36. The highest BCUT2D eigenvalue weighted by atomic mass is 19.4. The Morgan fingerprint density at radius 2 is 1.80 bits per heavy atom. The third-order valence-electron chi connectivity index (χ3n) is 5.69. The molecule has 35 heavy (non-hydrogen) atoms. The summed E-state index contributed by atoms with van der Waals surface area (Å²) in [6.45, 7) is 8.34. The lowest BCUT2D eigenvalue weighted by atomic mass is 10.0. The topological polar surface area (TPSA) is 62.4 Å². The van der Waals surface area contributed by atoms with Crippen LogP contribution in [-0.2, 0) is 12.7 Å². The van der Waals surface area contributed by atoms with E-state index in [2.05, 4.69) is 15.6 Å². The van der Waals surface area contributed by atoms with Crippen molar-refractivity contribution < 1.29 is 17.6 Å². The van der Waals surface area contributed by atoms with Crippen LogP contribution in [0.3, 0.4) is 0 Å². The molecule has 4 N–H and O–H groups in total. The van der Waals surface area contributed by atoms with Crippen LogP contribution in [0.2, 0.25) is 0 Å². The number of alkyl halides is 3. The van der Waals surface area contributed by atoms with Gasteiger partial charge in [-0.3, -0.25) is 4.99 Å². The molecule has 1 atom stereocenters. The maximum Gasteiger partial charge on any atom is 0.416 e. The zero-order valence-electron chi connectivity index (χ0n) is 20.9. The van der Waals surface area contributed by atoms with Gasteiger partial charge in [-0.2, -0.15) is 13.2 Å². The summed E-state index contributed by atoms with van der Waals surface area (Å²) in [5.41, 5.74) is 8.19. The minimum Gasteiger partial charge on any atom is -0.402 e. The molecule has 0 saturated heterocycles. The van der Waals surface area contributed by atoms with E-state index in [1.54, 1.807) is 12.1 Å². The number of nitrogens with two attached hydrogens (primary N) is 1. The Bertz CT molecular complexity index is 1030. The molecule has 0 amide bonds. The third kappa shape index (κ3) is 7.47. The average Bonchev–Trinajstić information content (AvgIpc) is 3.27. The van der Waals surface area contributed by atoms with Crippen LogP contribution < -0.4 is 16.4 Å². The number of nitrogens with one attached hydrogen (secondary N) is 2. The van der Waals surface area contributed by atoms with Gasteiger partial charge in [-0.05, 0) is 50.3 Å². The monoisotopic (exact) mass is 492 g/mol. The number of halogens is 4. The van der Waals surface area contributed by atoms with E-state index < -0.39 is 11.7 Å². The fraction of sp³-hybridized carbons (Fsp3) is 0.444. The van der Waals surface area contributed by atoms with Crippen molar-refractivity contribution in [1.82, 2.24) is 5.32 Å². The predicted octanol–water partition coefficient (Wildman–Crippen LogP) is 7.34. The summed E-state index contributed by atoms with van der Waals surface area (Å²) in [6, 6.07) is 9.93. The van der Waals surface area contributed by atoms with Crippen molar-refractivity contribution in [3.05, 3.63) is 76.2 Å². The van der Waals surface area contributed by atoms with Crippen molar-refractivity contribution in [2.45, 2.75) is 72.1 Å². The smallest absolute Gasteiger partial charge is 0.402 e. The zero-order chi connectivity index (χ0) is 26.0. The normalized spacial score (nSPS) is 14.9. The molecule has 0 fully saturated rings. The van der Waals surface area contributed by atoms with E-state index in [0.717, 1.165) is 24.5 Å². The minimum absolute atomic E-state index is 0.0881. The minimum atomic E-state index is -4.46. The lowest BCUT2D eigenvalue weighted by Crippen LogP contribution is -2.30. The summed E-state index contributed by atoms with van der Waals surface area (Å²) in [4.78, 5) is 4.53. The lowest BCUT2D eigenvalue weighted by molar-refractivity contribution is -0.138. The number of aliphatic imine (C=N–C) groups is 1. The van der Waals surface area contributed by atoms with Crippen LogP contribution in [-0.4, -0.2) is 12.4 Å². The summed E-state index contributed by atoms with van der Waals surface area (Å²) in [5.74, 6) is 0.104. The van der Waals surface area contributed by atoms with Crippen molar-refractivity contribution in [3.63, 3.8) is 0 Å². The van der Waals surface area contributed by atoms with E-state index >= 15 is 0 Å². The number of anilines is 1. The Kier molecular flexibility index (Phi) is 10.6. The average molecular weight is 493 g/mol. The third-order valence-corrected chi connectivity index (χ3v) is 5.69. The molecular formula is C27H36F4N4. The lowest BCUT2D eigenvalue weighted by Gasteiger charge is -2.22. The highest BCUT2D eigenvalue weighted by molar-refractivity contribution is 5.99. The van der Waals surface area contributed by atoms with Gasteiger partial charge >= 0.3 is 6.18 Å². The number of amidine groups is 1. The summed E-state index contributed by atoms with van der Waals surface area (Å²) >= 11 is 0. The first-order valence-corrected chi connectivity index (χ1v) is 12.2. The molecule has 2 aromatic rings. The fourth-order valence-corrected chi connectivity index (χ4v) is 3.99. The highest BCUT2D eigenvalue weighted by Gasteiger charge is 2.33. The van der Waals surface area contributed by atoms with E-state index in [0.29, 0.717) is 42.2 Å². The largest absolute Gasteiger partial charge is 0.416 e. The van der Waals surface area contributed by atoms with E-state index in [4.69, 9.17) is 5.73 Å². The first-order valence-electron chi connectivity index (χ1n) is 12.2. The molecule has 4 nitrogen and oxygen atoms in total. The van der Waals surface area contributed by atoms with Gasteiger partial charge in [0.15, 0.2) is 0 Å². The molecule has 0 spiro atoms. The Morgan fingerprint density at radius 1 is 1.09 bits per heavy atom. The summed E-state index contributed by atoms with van der Waals surface area (Å²) in [7, 11) is 0. The maximum absolute atomic E-state index is 14.5. The molecule has 0 heterocycles. The standard InChI is InChI=1S/C25H30F4N4.C2H6/c1-3-14-31-23-18(9-6-12-21(23)26)16(2)33-24(19-10-7-13-22(19)30)32-15-17-8-4-5-11-20(17)25(27,28)29;1-2/h4-6,8-9,11-12,16,31H,3,7,10,13-15,30H2,1-2H3,(H,32,33);1-2H3. The van der Waals surface area contributed by atoms with E-state index in [1.165, 1.54) is 18.2 Å². The molecule has 0 bridgehead atoms. The molecule has 1 aliphatic carbocycles. The summed E-state index contributed by atoms with van der Waals surface area (Å²) in [5, 5.41) is 6.43. The second-order valence-corrected chi connectivity index (χ2v) is 8.17. The molecule has 0 aromatic heterocycles. The molecule has 2 aromatic carbocycles. The molecule has 1 aliphatic rings. The molecule has 8 heteroatoms. The molecule has 192 valence electrons. The van der Waals surface area contributed by atoms with Gasteiger partial charge in [-0.25, -0.2) is 4.39 Å². The molecule has 0 radical (unpaired) electrons. The van der Waals surface area contributed by atoms with Crippen LogP contribution in [0.25, 0.3) is 0 Å². The highest BCUT2D eigenvalue weighted by Crippen LogP contribution is 2.33. The molecule has 1 unspecified atom stereocenters. The number of para-hydroxylation sites is 1. The van der Waals surface area contributed by atoms with E-state index in [-0.39, 0.29) is 24.0 Å². The van der Waals surface area contributed by atoms with Crippen LogP contribution >= 0.6 is 0 Å². The fourth-order valence-electron chi connectivity index (χ4n) is 3.99. The van der Waals surface area contributed by atoms with Gasteiger partial charge < -0.3 is 16.4 Å². The Hall–Kier alpha value is -3.03. The second kappa shape index (κ2) is 13.2. The Morgan fingerprint density at radius 3 is 2.43 bits per heavy atom. The number of hydrogen-bond donors (Lipinski definition) is 3. The number of rotatable bonds is 8. The van der Waals surface area contributed by atoms with Gasteiger partial charge in [-0.15, -0.1) is 0 Å². The van der Waals surface area contributed by atoms with Gasteiger partial charge in [0.05, 0.1) is 23.8 Å². The number of nitrogens with zero attached hydrogens (tertiary/aromatic N) is 1. The van der Waals surface area contributed by atoms with E-state index in [9.17, 15) is 17.6 Å². The van der Waals surface area contributed by atoms with Crippen LogP contribution in [0, 0.1) is 5.82 Å². The Labute approximate surface area is 205 Å². The SMILES string of the molecule is CC.CCCNc1c(F)cccc1C(C)NC(=NCc1ccccc1C(F)(F)F)C1=C(N)CCC1. The predicted molar refractivity (Wildman–Crippen MR) is 136 cm³/mol. The van der Waals surface area contributed by atoms with Crippen molar-refractivity contribution >= 4 is 11.5 Å². The number of hydrogen-bond acceptors (Lipinski definition) is 3. The Balaban J connectivity index is 0.00000210. The van der Waals surface area contributed by atoms with Crippen molar-refractivity contribution in [1.29, 1.82) is 0 Å². The molecule has 0 aliphatic heterocycles. The number of allylic oxidation sites excluding steroid dienone is 1. The van der Waals surface area contributed by atoms with Gasteiger partial charge in [0.25, 0.3) is 0 Å². The number of benzene rings is 2. The van der Waals surface area contributed by atoms with Gasteiger partial charge in [0.2, 0.25) is 0 Å². The van der Waals surface area contributed by atoms with Crippen LogP contribution in [0.5, 0.6) is 0 Å². The van der Waals surface area contributed by atoms with Crippen LogP contribution in [0.1, 0.15) is 76.1 Å². The first kappa shape index (κ1) is 28.2. The van der Waals surface area contributed by atoms with Crippen LogP contribution in [0.15, 0.2) is 58.7 Å². The summed E-state index contributed by atoms with van der Waals surface area (Å²) < 4.78 is 54.7. The molecular weight excluding hydrogens is 456 g/mol. The van der Waals surface area contributed by atoms with E-state index in [1.807, 2.05) is 33.8 Å². The zero-order valence-corrected chi connectivity index (χ0v) is 20.9. The van der Waals surface area contributed by atoms with Gasteiger partial charge in [-0.1, -0.05) is 51.1 Å². The van der Waals surface area contributed by atoms with Gasteiger partial charge in [0.1, 0.15) is 11.7 Å². The van der Waals surface area contributed by atoms with Gasteiger partial charge in [0, 0.05) is 23.4 Å². The quantitative estimate of drug-likeness (QED) is 0.205.